The van der Waals surface area contributed by atoms with Crippen LogP contribution in [-0.4, -0.2) is 31.1 Å². The van der Waals surface area contributed by atoms with Gasteiger partial charge in [-0.3, -0.25) is 4.79 Å². The number of benzene rings is 1. The van der Waals surface area contributed by atoms with Gasteiger partial charge < -0.3 is 10.1 Å². The van der Waals surface area contributed by atoms with Gasteiger partial charge in [0.25, 0.3) is 0 Å². The van der Waals surface area contributed by atoms with E-state index in [1.165, 1.54) is 7.11 Å². The molecule has 100 valence electrons. The fourth-order valence-corrected chi connectivity index (χ4v) is 1.91. The maximum atomic E-state index is 11.3. The lowest BCUT2D eigenvalue weighted by Crippen LogP contribution is -2.23. The van der Waals surface area contributed by atoms with Crippen molar-refractivity contribution in [3.05, 3.63) is 35.4 Å². The summed E-state index contributed by atoms with van der Waals surface area (Å²) in [7, 11) is 1.42. The second-order valence-electron chi connectivity index (χ2n) is 4.20. The van der Waals surface area contributed by atoms with Crippen molar-refractivity contribution >= 4 is 17.7 Å². The summed E-state index contributed by atoms with van der Waals surface area (Å²) >= 11 is 1.84. The van der Waals surface area contributed by atoms with Crippen LogP contribution < -0.4 is 5.32 Å². The Morgan fingerprint density at radius 2 is 2.06 bits per heavy atom. The first-order valence-electron chi connectivity index (χ1n) is 6.04. The summed E-state index contributed by atoms with van der Waals surface area (Å²) in [5.74, 6) is -0.195. The number of carbonyl (C=O) groups excluding carboxylic acids is 1. The fourth-order valence-electron chi connectivity index (χ4n) is 1.62. The van der Waals surface area contributed by atoms with E-state index in [0.29, 0.717) is 11.7 Å². The van der Waals surface area contributed by atoms with Crippen LogP contribution >= 0.6 is 11.8 Å². The van der Waals surface area contributed by atoms with Crippen molar-refractivity contribution in [1.29, 1.82) is 0 Å². The summed E-state index contributed by atoms with van der Waals surface area (Å²) in [5.41, 5.74) is 2.20. The van der Waals surface area contributed by atoms with Crippen molar-refractivity contribution < 1.29 is 9.53 Å². The van der Waals surface area contributed by atoms with E-state index < -0.39 is 0 Å². The SMILES string of the molecule is COC(=O)Cc1ccccc1CNCC(C)SC. The lowest BCUT2D eigenvalue weighted by molar-refractivity contribution is -0.139. The average Bonchev–Trinajstić information content (AvgIpc) is 2.40. The van der Waals surface area contributed by atoms with E-state index in [1.807, 2.05) is 30.0 Å². The average molecular weight is 267 g/mol. The van der Waals surface area contributed by atoms with E-state index in [-0.39, 0.29) is 5.97 Å². The van der Waals surface area contributed by atoms with Crippen LogP contribution in [0.5, 0.6) is 0 Å². The molecule has 4 heteroatoms. The lowest BCUT2D eigenvalue weighted by atomic mass is 10.0. The molecule has 3 nitrogen and oxygen atoms in total. The van der Waals surface area contributed by atoms with Gasteiger partial charge in [0, 0.05) is 18.3 Å². The molecular weight excluding hydrogens is 246 g/mol. The van der Waals surface area contributed by atoms with E-state index in [9.17, 15) is 4.79 Å². The van der Waals surface area contributed by atoms with Gasteiger partial charge in [-0.1, -0.05) is 31.2 Å². The number of hydrogen-bond acceptors (Lipinski definition) is 4. The highest BCUT2D eigenvalue weighted by Crippen LogP contribution is 2.10. The highest BCUT2D eigenvalue weighted by Gasteiger charge is 2.07. The zero-order chi connectivity index (χ0) is 13.4. The Kier molecular flexibility index (Phi) is 6.83. The number of methoxy groups -OCH3 is 1. The number of ether oxygens (including phenoxy) is 1. The number of hydrogen-bond donors (Lipinski definition) is 1. The van der Waals surface area contributed by atoms with E-state index in [4.69, 9.17) is 4.74 Å². The van der Waals surface area contributed by atoms with Gasteiger partial charge in [-0.05, 0) is 17.4 Å². The fraction of sp³-hybridized carbons (Fsp3) is 0.500. The molecule has 18 heavy (non-hydrogen) atoms. The third-order valence-corrected chi connectivity index (χ3v) is 3.80. The number of rotatable bonds is 7. The second-order valence-corrected chi connectivity index (χ2v) is 5.47. The monoisotopic (exact) mass is 267 g/mol. The van der Waals surface area contributed by atoms with E-state index >= 15 is 0 Å². The first kappa shape index (κ1) is 15.1. The first-order valence-corrected chi connectivity index (χ1v) is 7.33. The summed E-state index contributed by atoms with van der Waals surface area (Å²) in [6.45, 7) is 3.95. The molecule has 0 bridgehead atoms. The first-order chi connectivity index (χ1) is 8.67. The zero-order valence-electron chi connectivity index (χ0n) is 11.2. The van der Waals surface area contributed by atoms with Crippen LogP contribution in [0.4, 0.5) is 0 Å². The number of carbonyl (C=O) groups is 1. The minimum absolute atomic E-state index is 0.195. The minimum atomic E-state index is -0.195. The molecular formula is C14H21NO2S. The molecule has 0 aliphatic heterocycles. The Balaban J connectivity index is 2.56. The van der Waals surface area contributed by atoms with E-state index in [0.717, 1.165) is 24.2 Å². The van der Waals surface area contributed by atoms with Gasteiger partial charge in [-0.15, -0.1) is 0 Å². The summed E-state index contributed by atoms with van der Waals surface area (Å²) in [4.78, 5) is 11.3. The molecule has 0 heterocycles. The predicted octanol–water partition coefficient (Wildman–Crippen LogP) is 2.24. The molecule has 0 amide bonds. The standard InChI is InChI=1S/C14H21NO2S/c1-11(18-3)9-15-10-13-7-5-4-6-12(13)8-14(16)17-2/h4-7,11,15H,8-10H2,1-3H3. The molecule has 0 aliphatic carbocycles. The van der Waals surface area contributed by atoms with Crippen molar-refractivity contribution in [2.24, 2.45) is 0 Å². The quantitative estimate of drug-likeness (QED) is 0.769. The summed E-state index contributed by atoms with van der Waals surface area (Å²) in [6, 6.07) is 7.98. The maximum Gasteiger partial charge on any atom is 0.309 e. The van der Waals surface area contributed by atoms with Crippen LogP contribution in [0.3, 0.4) is 0 Å². The van der Waals surface area contributed by atoms with E-state index in [2.05, 4.69) is 24.6 Å². The van der Waals surface area contributed by atoms with E-state index in [1.54, 1.807) is 0 Å². The third kappa shape index (κ3) is 5.10. The number of nitrogens with one attached hydrogen (secondary N) is 1. The van der Waals surface area contributed by atoms with Gasteiger partial charge in [0.15, 0.2) is 0 Å². The minimum Gasteiger partial charge on any atom is -0.469 e. The highest BCUT2D eigenvalue weighted by atomic mass is 32.2. The van der Waals surface area contributed by atoms with Crippen molar-refractivity contribution in [3.8, 4) is 0 Å². The molecule has 0 saturated heterocycles. The van der Waals surface area contributed by atoms with Gasteiger partial charge in [0.2, 0.25) is 0 Å². The second kappa shape index (κ2) is 8.16. The lowest BCUT2D eigenvalue weighted by Gasteiger charge is -2.12. The molecule has 0 aliphatic rings. The Labute approximate surface area is 113 Å². The largest absolute Gasteiger partial charge is 0.469 e. The number of esters is 1. The molecule has 0 spiro atoms. The van der Waals surface area contributed by atoms with Crippen LogP contribution in [0.1, 0.15) is 18.1 Å². The van der Waals surface area contributed by atoms with Crippen LogP contribution in [0, 0.1) is 0 Å². The Bertz CT molecular complexity index is 382. The molecule has 0 radical (unpaired) electrons. The number of thioether (sulfide) groups is 1. The topological polar surface area (TPSA) is 38.3 Å². The summed E-state index contributed by atoms with van der Waals surface area (Å²) < 4.78 is 4.71. The summed E-state index contributed by atoms with van der Waals surface area (Å²) in [6.07, 6.45) is 2.45. The van der Waals surface area contributed by atoms with Gasteiger partial charge in [-0.2, -0.15) is 11.8 Å². The van der Waals surface area contributed by atoms with Crippen molar-refractivity contribution in [2.75, 3.05) is 19.9 Å². The molecule has 1 atom stereocenters. The Morgan fingerprint density at radius 1 is 1.39 bits per heavy atom. The third-order valence-electron chi connectivity index (χ3n) is 2.83. The van der Waals surface area contributed by atoms with Crippen molar-refractivity contribution in [3.63, 3.8) is 0 Å². The molecule has 1 rings (SSSR count). The van der Waals surface area contributed by atoms with Gasteiger partial charge in [0.1, 0.15) is 0 Å². The maximum absolute atomic E-state index is 11.3. The molecule has 0 saturated carbocycles. The van der Waals surface area contributed by atoms with Gasteiger partial charge in [0.05, 0.1) is 13.5 Å². The molecule has 0 fully saturated rings. The normalized spacial score (nSPS) is 12.2. The van der Waals surface area contributed by atoms with Crippen LogP contribution in [0.15, 0.2) is 24.3 Å². The van der Waals surface area contributed by atoms with Crippen LogP contribution in [0.25, 0.3) is 0 Å². The highest BCUT2D eigenvalue weighted by molar-refractivity contribution is 7.99. The van der Waals surface area contributed by atoms with Gasteiger partial charge >= 0.3 is 5.97 Å². The van der Waals surface area contributed by atoms with Crippen molar-refractivity contribution in [1.82, 2.24) is 5.32 Å². The van der Waals surface area contributed by atoms with Crippen LogP contribution in [0.2, 0.25) is 0 Å². The molecule has 1 aromatic carbocycles. The summed E-state index contributed by atoms with van der Waals surface area (Å²) in [5, 5.41) is 4.01. The molecule has 1 unspecified atom stereocenters. The molecule has 1 aromatic rings. The zero-order valence-corrected chi connectivity index (χ0v) is 12.0. The Morgan fingerprint density at radius 3 is 2.67 bits per heavy atom. The Hall–Kier alpha value is -1.00. The van der Waals surface area contributed by atoms with Crippen molar-refractivity contribution in [2.45, 2.75) is 25.1 Å². The molecule has 1 N–H and O–H groups in total. The molecule has 0 aromatic heterocycles. The predicted molar refractivity (Wildman–Crippen MR) is 76.8 cm³/mol. The smallest absolute Gasteiger partial charge is 0.309 e. The van der Waals surface area contributed by atoms with Crippen LogP contribution in [-0.2, 0) is 22.5 Å². The van der Waals surface area contributed by atoms with Gasteiger partial charge in [-0.25, -0.2) is 0 Å².